The molecule has 6 heteroatoms. The molecule has 0 unspecified atom stereocenters. The number of ether oxygens (including phenoxy) is 2. The molecule has 3 aromatic rings. The van der Waals surface area contributed by atoms with Crippen LogP contribution >= 0.6 is 0 Å². The first-order valence-electron chi connectivity index (χ1n) is 11.8. The predicted molar refractivity (Wildman–Crippen MR) is 136 cm³/mol. The summed E-state index contributed by atoms with van der Waals surface area (Å²) in [5.41, 5.74) is 13.0. The van der Waals surface area contributed by atoms with Gasteiger partial charge in [-0.1, -0.05) is 61.9 Å². The first kappa shape index (κ1) is 24.4. The molecule has 0 bridgehead atoms. The molecule has 1 aliphatic heterocycles. The van der Waals surface area contributed by atoms with Gasteiger partial charge in [0, 0.05) is 23.4 Å². The van der Waals surface area contributed by atoms with Gasteiger partial charge < -0.3 is 15.2 Å². The van der Waals surface area contributed by atoms with Crippen LogP contribution in [0.2, 0.25) is 0 Å². The second-order valence-corrected chi connectivity index (χ2v) is 9.14. The minimum atomic E-state index is -0.495. The Balaban J connectivity index is 1.70. The summed E-state index contributed by atoms with van der Waals surface area (Å²) in [7, 11) is 0. The summed E-state index contributed by atoms with van der Waals surface area (Å²) in [6.07, 6.45) is 2.37. The van der Waals surface area contributed by atoms with E-state index in [4.69, 9.17) is 20.2 Å². The molecule has 0 amide bonds. The molecule has 2 N–H and O–H groups in total. The fraction of sp³-hybridized carbons (Fsp3) is 0.276. The topological polar surface area (TPSA) is 91.5 Å². The molecule has 0 saturated heterocycles. The summed E-state index contributed by atoms with van der Waals surface area (Å²) < 4.78 is 11.0. The average Bonchev–Trinajstić information content (AvgIpc) is 3.14. The number of esters is 2. The van der Waals surface area contributed by atoms with Crippen molar-refractivity contribution < 1.29 is 19.1 Å². The number of cyclic esters (lactones) is 1. The van der Waals surface area contributed by atoms with Gasteiger partial charge in [-0.15, -0.1) is 0 Å². The van der Waals surface area contributed by atoms with Gasteiger partial charge in [-0.05, 0) is 49.5 Å². The standard InChI is InChI=1S/C29H30N2O4/c1-17(2)15-24-23(16-30)27(20-11-9-18(3)10-12-20)26(19(4)31-24)29(33)34-14-13-25-21-7-5-6-8-22(21)28(32)35-25/h5-13,17H,14-16,30H2,1-4H3/b25-13+. The second-order valence-electron chi connectivity index (χ2n) is 9.14. The molecule has 1 aliphatic rings. The van der Waals surface area contributed by atoms with Crippen LogP contribution in [0.1, 0.15) is 62.6 Å². The minimum Gasteiger partial charge on any atom is -0.458 e. The Kier molecular flexibility index (Phi) is 7.12. The van der Waals surface area contributed by atoms with Gasteiger partial charge in [-0.3, -0.25) is 4.98 Å². The Morgan fingerprint density at radius 3 is 2.43 bits per heavy atom. The third kappa shape index (κ3) is 5.03. The Hall–Kier alpha value is -3.77. The lowest BCUT2D eigenvalue weighted by molar-refractivity contribution is 0.0548. The molecule has 0 spiro atoms. The molecule has 0 fully saturated rings. The molecule has 0 aliphatic carbocycles. The minimum absolute atomic E-state index is 0.0474. The molecule has 6 nitrogen and oxygen atoms in total. The molecule has 4 rings (SSSR count). The van der Waals surface area contributed by atoms with Gasteiger partial charge in [-0.2, -0.15) is 0 Å². The molecule has 35 heavy (non-hydrogen) atoms. The van der Waals surface area contributed by atoms with E-state index < -0.39 is 11.9 Å². The maximum absolute atomic E-state index is 13.4. The van der Waals surface area contributed by atoms with E-state index in [1.807, 2.05) is 44.2 Å². The molecular formula is C29H30N2O4. The van der Waals surface area contributed by atoms with Crippen molar-refractivity contribution in [2.75, 3.05) is 6.61 Å². The number of fused-ring (bicyclic) bond motifs is 1. The predicted octanol–water partition coefficient (Wildman–Crippen LogP) is 5.39. The smallest absolute Gasteiger partial charge is 0.344 e. The highest BCUT2D eigenvalue weighted by Crippen LogP contribution is 2.33. The number of hydrogen-bond donors (Lipinski definition) is 1. The highest BCUT2D eigenvalue weighted by atomic mass is 16.5. The molecule has 0 radical (unpaired) electrons. The highest BCUT2D eigenvalue weighted by Gasteiger charge is 2.27. The number of pyridine rings is 1. The van der Waals surface area contributed by atoms with Crippen LogP contribution in [0.3, 0.4) is 0 Å². The van der Waals surface area contributed by atoms with Crippen LogP contribution in [-0.4, -0.2) is 23.5 Å². The zero-order valence-electron chi connectivity index (χ0n) is 20.6. The van der Waals surface area contributed by atoms with Gasteiger partial charge in [0.25, 0.3) is 0 Å². The lowest BCUT2D eigenvalue weighted by Crippen LogP contribution is -2.17. The Bertz CT molecular complexity index is 1310. The van der Waals surface area contributed by atoms with E-state index in [1.165, 1.54) is 0 Å². The van der Waals surface area contributed by atoms with Crippen LogP contribution in [0.15, 0.2) is 54.6 Å². The summed E-state index contributed by atoms with van der Waals surface area (Å²) in [5.74, 6) is -0.125. The lowest BCUT2D eigenvalue weighted by atomic mass is 9.90. The normalized spacial score (nSPS) is 13.8. The van der Waals surface area contributed by atoms with Crippen molar-refractivity contribution in [3.63, 3.8) is 0 Å². The molecular weight excluding hydrogens is 440 g/mol. The largest absolute Gasteiger partial charge is 0.458 e. The summed E-state index contributed by atoms with van der Waals surface area (Å²) in [6, 6.07) is 15.1. The van der Waals surface area contributed by atoms with E-state index in [2.05, 4.69) is 13.8 Å². The summed E-state index contributed by atoms with van der Waals surface area (Å²) >= 11 is 0. The third-order valence-electron chi connectivity index (χ3n) is 6.01. The summed E-state index contributed by atoms with van der Waals surface area (Å²) in [5, 5.41) is 0. The van der Waals surface area contributed by atoms with Gasteiger partial charge >= 0.3 is 11.9 Å². The number of aryl methyl sites for hydroxylation is 2. The third-order valence-corrected chi connectivity index (χ3v) is 6.01. The van der Waals surface area contributed by atoms with Gasteiger partial charge in [-0.25, -0.2) is 9.59 Å². The Morgan fingerprint density at radius 1 is 1.09 bits per heavy atom. The molecule has 0 atom stereocenters. The maximum atomic E-state index is 13.4. The second kappa shape index (κ2) is 10.2. The molecule has 180 valence electrons. The van der Waals surface area contributed by atoms with Gasteiger partial charge in [0.15, 0.2) is 0 Å². The van der Waals surface area contributed by atoms with Crippen molar-refractivity contribution >= 4 is 17.7 Å². The number of carbonyl (C=O) groups is 2. The van der Waals surface area contributed by atoms with Crippen LogP contribution in [0.25, 0.3) is 16.9 Å². The Labute approximate surface area is 205 Å². The number of nitrogens with two attached hydrogens (primary N) is 1. The average molecular weight is 471 g/mol. The van der Waals surface area contributed by atoms with Crippen molar-refractivity contribution in [3.8, 4) is 11.1 Å². The SMILES string of the molecule is Cc1ccc(-c2c(CN)c(CC(C)C)nc(C)c2C(=O)OC/C=C2/OC(=O)c3ccccc32)cc1. The van der Waals surface area contributed by atoms with Crippen LogP contribution in [0.4, 0.5) is 0 Å². The van der Waals surface area contributed by atoms with Gasteiger partial charge in [0.1, 0.15) is 12.4 Å². The van der Waals surface area contributed by atoms with Crippen LogP contribution in [-0.2, 0) is 22.4 Å². The zero-order chi connectivity index (χ0) is 25.1. The molecule has 2 aromatic carbocycles. The van der Waals surface area contributed by atoms with Crippen molar-refractivity contribution in [1.82, 2.24) is 4.98 Å². The van der Waals surface area contributed by atoms with E-state index in [0.717, 1.165) is 34.4 Å². The number of hydrogen-bond acceptors (Lipinski definition) is 6. The number of nitrogens with zero attached hydrogens (tertiary/aromatic N) is 1. The summed E-state index contributed by atoms with van der Waals surface area (Å²) in [4.78, 5) is 30.2. The van der Waals surface area contributed by atoms with Crippen LogP contribution in [0, 0.1) is 19.8 Å². The maximum Gasteiger partial charge on any atom is 0.344 e. The molecule has 2 heterocycles. The fourth-order valence-corrected chi connectivity index (χ4v) is 4.37. The number of rotatable bonds is 7. The van der Waals surface area contributed by atoms with E-state index in [9.17, 15) is 9.59 Å². The number of aromatic nitrogens is 1. The van der Waals surface area contributed by atoms with E-state index >= 15 is 0 Å². The van der Waals surface area contributed by atoms with Crippen molar-refractivity contribution in [2.24, 2.45) is 11.7 Å². The van der Waals surface area contributed by atoms with Crippen molar-refractivity contribution in [1.29, 1.82) is 0 Å². The summed E-state index contributed by atoms with van der Waals surface area (Å²) in [6.45, 7) is 8.32. The zero-order valence-corrected chi connectivity index (χ0v) is 20.6. The monoisotopic (exact) mass is 470 g/mol. The number of carbonyl (C=O) groups excluding carboxylic acids is 2. The van der Waals surface area contributed by atoms with E-state index in [-0.39, 0.29) is 13.2 Å². The quantitative estimate of drug-likeness (QED) is 0.466. The highest BCUT2D eigenvalue weighted by molar-refractivity contribution is 6.03. The van der Waals surface area contributed by atoms with E-state index in [0.29, 0.717) is 34.1 Å². The molecule has 1 aromatic heterocycles. The van der Waals surface area contributed by atoms with Gasteiger partial charge in [0.2, 0.25) is 0 Å². The van der Waals surface area contributed by atoms with Crippen molar-refractivity contribution in [3.05, 3.63) is 93.8 Å². The fourth-order valence-electron chi connectivity index (χ4n) is 4.37. The van der Waals surface area contributed by atoms with Crippen LogP contribution in [0.5, 0.6) is 0 Å². The first-order chi connectivity index (χ1) is 16.8. The van der Waals surface area contributed by atoms with Crippen molar-refractivity contribution in [2.45, 2.75) is 40.7 Å². The Morgan fingerprint density at radius 2 is 1.77 bits per heavy atom. The number of benzene rings is 2. The first-order valence-corrected chi connectivity index (χ1v) is 11.8. The van der Waals surface area contributed by atoms with Gasteiger partial charge in [0.05, 0.1) is 16.8 Å². The van der Waals surface area contributed by atoms with E-state index in [1.54, 1.807) is 24.3 Å². The molecule has 0 saturated carbocycles. The lowest BCUT2D eigenvalue weighted by Gasteiger charge is -2.20. The van der Waals surface area contributed by atoms with Crippen LogP contribution < -0.4 is 5.73 Å².